The van der Waals surface area contributed by atoms with Crippen molar-refractivity contribution in [2.75, 3.05) is 16.4 Å². The number of carbonyl (C=O) groups excluding carboxylic acids is 2. The van der Waals surface area contributed by atoms with E-state index in [0.717, 1.165) is 16.9 Å². The molecule has 18 heteroatoms. The molecular weight excluding hydrogens is 711 g/mol. The summed E-state index contributed by atoms with van der Waals surface area (Å²) in [4.78, 5) is 30.0. The van der Waals surface area contributed by atoms with Gasteiger partial charge in [0.1, 0.15) is 0 Å². The molecule has 9 nitrogen and oxygen atoms in total. The third-order valence-corrected chi connectivity index (χ3v) is 9.63. The molecule has 52 heavy (non-hydrogen) atoms. The third kappa shape index (κ3) is 8.62. The highest BCUT2D eigenvalue weighted by molar-refractivity contribution is 5.97. The summed E-state index contributed by atoms with van der Waals surface area (Å²) in [5.74, 6) is -1.39. The van der Waals surface area contributed by atoms with Gasteiger partial charge in [-0.25, -0.2) is 0 Å². The fraction of sp³-hybridized carbons (Fsp3) is 0.559. The molecule has 0 radical (unpaired) electrons. The summed E-state index contributed by atoms with van der Waals surface area (Å²) in [5.41, 5.74) is -4.54. The second kappa shape index (κ2) is 14.9. The number of fused-ring (bicyclic) bond motifs is 1. The number of aryl methyl sites for hydroxylation is 1. The van der Waals surface area contributed by atoms with Crippen molar-refractivity contribution in [3.8, 4) is 0 Å². The van der Waals surface area contributed by atoms with Gasteiger partial charge in [-0.15, -0.1) is 5.10 Å². The number of anilines is 2. The second-order valence-corrected chi connectivity index (χ2v) is 13.1. The summed E-state index contributed by atoms with van der Waals surface area (Å²) in [5, 5.41) is 11.8. The minimum Gasteiger partial charge on any atom is -0.466 e. The predicted molar refractivity (Wildman–Crippen MR) is 168 cm³/mol. The lowest BCUT2D eigenvalue weighted by Crippen LogP contribution is -2.50. The van der Waals surface area contributed by atoms with Gasteiger partial charge in [-0.3, -0.25) is 9.59 Å². The Balaban J connectivity index is 1.57. The SMILES string of the molecule is CCOC(=O)CC1CCC(C(=O)N2c3ccc(C(F)(F)F)cc3[C@H](N(Cc3cc(C(F)(F)F)cc(C(F)(F)F)c3)c3nnn(C)n3)C[C@H]2CC)CC1. The van der Waals surface area contributed by atoms with E-state index in [2.05, 4.69) is 15.4 Å². The average Bonchev–Trinajstić information content (AvgIpc) is 3.50. The van der Waals surface area contributed by atoms with Gasteiger partial charge >= 0.3 is 24.5 Å². The van der Waals surface area contributed by atoms with Gasteiger partial charge in [0.15, 0.2) is 0 Å². The second-order valence-electron chi connectivity index (χ2n) is 13.1. The predicted octanol–water partition coefficient (Wildman–Crippen LogP) is 8.29. The Kier molecular flexibility index (Phi) is 11.2. The number of ether oxygens (including phenoxy) is 1. The van der Waals surface area contributed by atoms with E-state index in [1.165, 1.54) is 22.9 Å². The fourth-order valence-corrected chi connectivity index (χ4v) is 7.13. The minimum atomic E-state index is -5.14. The molecule has 3 aromatic rings. The maximum absolute atomic E-state index is 14.2. The van der Waals surface area contributed by atoms with Crippen molar-refractivity contribution in [3.05, 3.63) is 64.2 Å². The van der Waals surface area contributed by atoms with Crippen molar-refractivity contribution >= 4 is 23.5 Å². The highest BCUT2D eigenvalue weighted by Gasteiger charge is 2.44. The van der Waals surface area contributed by atoms with Crippen molar-refractivity contribution in [1.29, 1.82) is 0 Å². The number of rotatable bonds is 9. The summed E-state index contributed by atoms with van der Waals surface area (Å²) in [7, 11) is 1.37. The molecule has 1 aliphatic heterocycles. The molecule has 1 aromatic heterocycles. The number of tetrazole rings is 1. The van der Waals surface area contributed by atoms with Crippen LogP contribution in [0.3, 0.4) is 0 Å². The molecule has 5 rings (SSSR count). The number of alkyl halides is 9. The van der Waals surface area contributed by atoms with E-state index < -0.39 is 65.3 Å². The lowest BCUT2D eigenvalue weighted by Gasteiger charge is -2.46. The molecule has 0 unspecified atom stereocenters. The summed E-state index contributed by atoms with van der Waals surface area (Å²) in [6.45, 7) is 3.04. The molecule has 0 spiro atoms. The molecule has 1 saturated carbocycles. The molecule has 2 aromatic carbocycles. The van der Waals surface area contributed by atoms with Gasteiger partial charge in [0, 0.05) is 30.6 Å². The van der Waals surface area contributed by atoms with Crippen LogP contribution in [0.4, 0.5) is 51.1 Å². The van der Waals surface area contributed by atoms with Crippen molar-refractivity contribution in [1.82, 2.24) is 20.2 Å². The fourth-order valence-electron chi connectivity index (χ4n) is 7.13. The summed E-state index contributed by atoms with van der Waals surface area (Å²) in [6, 6.07) is 2.15. The number of halogens is 9. The topological polar surface area (TPSA) is 93.5 Å². The molecule has 2 heterocycles. The van der Waals surface area contributed by atoms with Crippen LogP contribution >= 0.6 is 0 Å². The Labute approximate surface area is 293 Å². The molecule has 1 aliphatic carbocycles. The molecule has 284 valence electrons. The normalized spacial score (nSPS) is 21.1. The minimum absolute atomic E-state index is 0.0130. The molecule has 0 saturated heterocycles. The number of hydrogen-bond acceptors (Lipinski definition) is 7. The first kappa shape index (κ1) is 38.8. The first-order valence-corrected chi connectivity index (χ1v) is 16.8. The van der Waals surface area contributed by atoms with Crippen LogP contribution in [0.15, 0.2) is 36.4 Å². The van der Waals surface area contributed by atoms with Crippen molar-refractivity contribution in [2.45, 2.75) is 96.0 Å². The first-order chi connectivity index (χ1) is 24.3. The smallest absolute Gasteiger partial charge is 0.416 e. The lowest BCUT2D eigenvalue weighted by molar-refractivity contribution is -0.145. The van der Waals surface area contributed by atoms with Crippen molar-refractivity contribution in [3.63, 3.8) is 0 Å². The van der Waals surface area contributed by atoms with Crippen LogP contribution < -0.4 is 9.80 Å². The van der Waals surface area contributed by atoms with Crippen LogP contribution in [-0.2, 0) is 46.4 Å². The number of benzene rings is 2. The zero-order chi connectivity index (χ0) is 38.2. The van der Waals surface area contributed by atoms with E-state index in [1.54, 1.807) is 13.8 Å². The first-order valence-electron chi connectivity index (χ1n) is 16.8. The van der Waals surface area contributed by atoms with E-state index >= 15 is 0 Å². The van der Waals surface area contributed by atoms with E-state index in [0.29, 0.717) is 44.2 Å². The highest BCUT2D eigenvalue weighted by Crippen LogP contribution is 2.47. The van der Waals surface area contributed by atoms with Gasteiger partial charge in [-0.2, -0.15) is 44.3 Å². The van der Waals surface area contributed by atoms with E-state index in [1.807, 2.05) is 0 Å². The van der Waals surface area contributed by atoms with Crippen LogP contribution in [0.5, 0.6) is 0 Å². The Morgan fingerprint density at radius 2 is 1.48 bits per heavy atom. The lowest BCUT2D eigenvalue weighted by atomic mass is 9.79. The number of amides is 1. The summed E-state index contributed by atoms with van der Waals surface area (Å²) < 4.78 is 130. The zero-order valence-corrected chi connectivity index (χ0v) is 28.4. The van der Waals surface area contributed by atoms with Crippen LogP contribution in [0, 0.1) is 11.8 Å². The quantitative estimate of drug-likeness (QED) is 0.161. The van der Waals surface area contributed by atoms with Crippen molar-refractivity contribution in [2.24, 2.45) is 18.9 Å². The number of esters is 1. The Hall–Kier alpha value is -4.38. The standard InChI is InChI=1S/C34H37F9N6O3/c1-4-25-17-28(48(31-44-46-47(3)45-31)18-20-12-23(33(38,39)40)15-24(13-20)34(41,42)43)26-16-22(32(35,36)37)10-11-27(26)49(25)30(51)21-8-6-19(7-9-21)14-29(50)52-5-2/h10-13,15-16,19,21,25,28H,4-9,14,17-18H2,1-3H3/t19?,21?,25-,28-/m1/s1. The van der Waals surface area contributed by atoms with E-state index in [-0.39, 0.29) is 60.5 Å². The largest absolute Gasteiger partial charge is 0.466 e. The molecular formula is C34H37F9N6O3. The van der Waals surface area contributed by atoms with Gasteiger partial charge in [0.05, 0.1) is 36.4 Å². The molecule has 1 amide bonds. The highest BCUT2D eigenvalue weighted by atomic mass is 19.4. The maximum Gasteiger partial charge on any atom is 0.416 e. The van der Waals surface area contributed by atoms with Gasteiger partial charge in [-0.1, -0.05) is 12.0 Å². The summed E-state index contributed by atoms with van der Waals surface area (Å²) >= 11 is 0. The molecule has 2 atom stereocenters. The number of aromatic nitrogens is 4. The Morgan fingerprint density at radius 1 is 0.865 bits per heavy atom. The van der Waals surface area contributed by atoms with E-state index in [4.69, 9.17) is 4.74 Å². The van der Waals surface area contributed by atoms with Crippen LogP contribution in [0.25, 0.3) is 0 Å². The number of carbonyl (C=O) groups is 2. The third-order valence-electron chi connectivity index (χ3n) is 9.63. The zero-order valence-electron chi connectivity index (χ0n) is 28.4. The van der Waals surface area contributed by atoms with Gasteiger partial charge in [0.2, 0.25) is 5.91 Å². The van der Waals surface area contributed by atoms with Gasteiger partial charge < -0.3 is 14.5 Å². The Bertz CT molecular complexity index is 1720. The molecule has 2 aliphatic rings. The van der Waals surface area contributed by atoms with Gasteiger partial charge in [0.25, 0.3) is 5.95 Å². The Morgan fingerprint density at radius 3 is 2.00 bits per heavy atom. The van der Waals surface area contributed by atoms with E-state index in [9.17, 15) is 49.1 Å². The van der Waals surface area contributed by atoms with Crippen LogP contribution in [0.1, 0.15) is 92.7 Å². The average molecular weight is 749 g/mol. The van der Waals surface area contributed by atoms with Crippen molar-refractivity contribution < 1.29 is 53.8 Å². The van der Waals surface area contributed by atoms with Crippen LogP contribution in [0.2, 0.25) is 0 Å². The number of nitrogens with zero attached hydrogens (tertiary/aromatic N) is 6. The monoisotopic (exact) mass is 748 g/mol. The molecule has 0 bridgehead atoms. The molecule has 1 fully saturated rings. The summed E-state index contributed by atoms with van der Waals surface area (Å²) in [6.07, 6.45) is -12.7. The number of hydrogen-bond donors (Lipinski definition) is 0. The van der Waals surface area contributed by atoms with Gasteiger partial charge in [-0.05, 0) is 104 Å². The molecule has 0 N–H and O–H groups in total. The van der Waals surface area contributed by atoms with Crippen LogP contribution in [-0.4, -0.2) is 44.7 Å². The maximum atomic E-state index is 14.2.